The predicted molar refractivity (Wildman–Crippen MR) is 68.3 cm³/mol. The quantitative estimate of drug-likeness (QED) is 0.873. The molecule has 1 aliphatic rings. The monoisotopic (exact) mass is 278 g/mol. The van der Waals surface area contributed by atoms with Crippen molar-refractivity contribution in [2.45, 2.75) is 18.9 Å². The number of rotatable bonds is 2. The fourth-order valence-electron chi connectivity index (χ4n) is 1.71. The van der Waals surface area contributed by atoms with Gasteiger partial charge < -0.3 is 10.6 Å². The molecule has 3 nitrogen and oxygen atoms in total. The Morgan fingerprint density at radius 2 is 2.29 bits per heavy atom. The van der Waals surface area contributed by atoms with Crippen LogP contribution in [0, 0.1) is 5.82 Å². The highest BCUT2D eigenvalue weighted by Gasteiger charge is 2.21. The molecule has 0 bridgehead atoms. The van der Waals surface area contributed by atoms with Crippen molar-refractivity contribution in [2.24, 2.45) is 0 Å². The Balaban J connectivity index is 0.00000144. The molecule has 1 saturated heterocycles. The molecule has 1 aliphatic heterocycles. The molecule has 0 saturated carbocycles. The van der Waals surface area contributed by atoms with Crippen LogP contribution in [0.2, 0.25) is 5.02 Å². The van der Waals surface area contributed by atoms with E-state index in [1.54, 1.807) is 0 Å². The van der Waals surface area contributed by atoms with E-state index in [1.165, 1.54) is 18.2 Å². The Morgan fingerprint density at radius 3 is 2.88 bits per heavy atom. The Kier molecular flexibility index (Phi) is 5.18. The second kappa shape index (κ2) is 6.19. The highest BCUT2D eigenvalue weighted by atomic mass is 35.5. The van der Waals surface area contributed by atoms with E-state index in [9.17, 15) is 9.18 Å². The normalized spacial score (nSPS) is 18.6. The van der Waals surface area contributed by atoms with Crippen LogP contribution in [0.4, 0.5) is 10.1 Å². The van der Waals surface area contributed by atoms with Crippen LogP contribution < -0.4 is 10.6 Å². The van der Waals surface area contributed by atoms with Gasteiger partial charge in [0.05, 0.1) is 11.1 Å². The van der Waals surface area contributed by atoms with Gasteiger partial charge in [-0.15, -0.1) is 12.4 Å². The van der Waals surface area contributed by atoms with E-state index in [2.05, 4.69) is 10.6 Å². The zero-order valence-electron chi connectivity index (χ0n) is 9.00. The van der Waals surface area contributed by atoms with Crippen LogP contribution in [0.25, 0.3) is 0 Å². The summed E-state index contributed by atoms with van der Waals surface area (Å²) in [7, 11) is 0. The molecule has 1 aromatic carbocycles. The summed E-state index contributed by atoms with van der Waals surface area (Å²) < 4.78 is 12.9. The average molecular weight is 279 g/mol. The number of benzene rings is 1. The van der Waals surface area contributed by atoms with Crippen LogP contribution in [0.3, 0.4) is 0 Å². The SMILES string of the molecule is Cl.O=C(Nc1ccc(F)c(Cl)c1)[C@@H]1CCCN1. The van der Waals surface area contributed by atoms with Crippen molar-refractivity contribution in [3.05, 3.63) is 29.0 Å². The van der Waals surface area contributed by atoms with E-state index in [0.717, 1.165) is 19.4 Å². The van der Waals surface area contributed by atoms with Crippen molar-refractivity contribution in [3.8, 4) is 0 Å². The largest absolute Gasteiger partial charge is 0.325 e. The van der Waals surface area contributed by atoms with Crippen molar-refractivity contribution in [3.63, 3.8) is 0 Å². The number of hydrogen-bond donors (Lipinski definition) is 2. The minimum Gasteiger partial charge on any atom is -0.325 e. The fraction of sp³-hybridized carbons (Fsp3) is 0.364. The van der Waals surface area contributed by atoms with Gasteiger partial charge in [0, 0.05) is 5.69 Å². The second-order valence-electron chi connectivity index (χ2n) is 3.77. The number of carbonyl (C=O) groups is 1. The number of amides is 1. The Bertz CT molecular complexity index is 408. The van der Waals surface area contributed by atoms with Crippen LogP contribution in [-0.4, -0.2) is 18.5 Å². The molecule has 1 amide bonds. The molecule has 2 N–H and O–H groups in total. The molecule has 0 radical (unpaired) electrons. The van der Waals surface area contributed by atoms with Gasteiger partial charge in [-0.1, -0.05) is 11.6 Å². The van der Waals surface area contributed by atoms with E-state index in [0.29, 0.717) is 5.69 Å². The molecule has 1 heterocycles. The number of carbonyl (C=O) groups excluding carboxylic acids is 1. The van der Waals surface area contributed by atoms with Crippen LogP contribution in [0.5, 0.6) is 0 Å². The second-order valence-corrected chi connectivity index (χ2v) is 4.17. The summed E-state index contributed by atoms with van der Waals surface area (Å²) >= 11 is 5.62. The third kappa shape index (κ3) is 3.56. The lowest BCUT2D eigenvalue weighted by atomic mass is 10.2. The van der Waals surface area contributed by atoms with Crippen LogP contribution in [0.1, 0.15) is 12.8 Å². The van der Waals surface area contributed by atoms with Crippen molar-refractivity contribution in [2.75, 3.05) is 11.9 Å². The first-order valence-electron chi connectivity index (χ1n) is 5.16. The van der Waals surface area contributed by atoms with Crippen LogP contribution >= 0.6 is 24.0 Å². The molecule has 2 rings (SSSR count). The van der Waals surface area contributed by atoms with E-state index < -0.39 is 5.82 Å². The van der Waals surface area contributed by atoms with Gasteiger partial charge >= 0.3 is 0 Å². The first kappa shape index (κ1) is 14.2. The lowest BCUT2D eigenvalue weighted by Gasteiger charge is -2.11. The maximum atomic E-state index is 12.9. The van der Waals surface area contributed by atoms with E-state index in [1.807, 2.05) is 0 Å². The molecule has 17 heavy (non-hydrogen) atoms. The lowest BCUT2D eigenvalue weighted by Crippen LogP contribution is -2.35. The molecule has 1 fully saturated rings. The van der Waals surface area contributed by atoms with Crippen LogP contribution in [-0.2, 0) is 4.79 Å². The Labute approximate surface area is 110 Å². The molecule has 0 aliphatic carbocycles. The minimum atomic E-state index is -0.487. The number of nitrogens with one attached hydrogen (secondary N) is 2. The average Bonchev–Trinajstić information content (AvgIpc) is 2.77. The van der Waals surface area contributed by atoms with Gasteiger partial charge in [0.1, 0.15) is 5.82 Å². The van der Waals surface area contributed by atoms with E-state index in [-0.39, 0.29) is 29.4 Å². The smallest absolute Gasteiger partial charge is 0.241 e. The van der Waals surface area contributed by atoms with Gasteiger partial charge in [-0.25, -0.2) is 4.39 Å². The molecule has 0 aromatic heterocycles. The van der Waals surface area contributed by atoms with Crippen molar-refractivity contribution >= 4 is 35.6 Å². The minimum absolute atomic E-state index is 0. The molecule has 0 unspecified atom stereocenters. The molecule has 0 spiro atoms. The maximum Gasteiger partial charge on any atom is 0.241 e. The molecule has 1 aromatic rings. The summed E-state index contributed by atoms with van der Waals surface area (Å²) in [5.41, 5.74) is 0.519. The standard InChI is InChI=1S/C11H12ClFN2O.ClH/c12-8-6-7(3-4-9(8)13)15-11(16)10-2-1-5-14-10;/h3-4,6,10,14H,1-2,5H2,(H,15,16);1H/t10-;/m0./s1. The van der Waals surface area contributed by atoms with Gasteiger partial charge in [0.15, 0.2) is 0 Å². The lowest BCUT2D eigenvalue weighted by molar-refractivity contribution is -0.117. The van der Waals surface area contributed by atoms with Gasteiger partial charge in [-0.2, -0.15) is 0 Å². The molecular formula is C11H13Cl2FN2O. The third-order valence-electron chi connectivity index (χ3n) is 2.56. The van der Waals surface area contributed by atoms with E-state index >= 15 is 0 Å². The van der Waals surface area contributed by atoms with Gasteiger partial charge in [0.25, 0.3) is 0 Å². The van der Waals surface area contributed by atoms with Gasteiger partial charge in [-0.05, 0) is 37.6 Å². The highest BCUT2D eigenvalue weighted by Crippen LogP contribution is 2.19. The summed E-state index contributed by atoms with van der Waals surface area (Å²) in [6.45, 7) is 0.863. The van der Waals surface area contributed by atoms with Gasteiger partial charge in [-0.3, -0.25) is 4.79 Å². The Hall–Kier alpha value is -0.840. The molecule has 6 heteroatoms. The number of anilines is 1. The number of halogens is 3. The van der Waals surface area contributed by atoms with Gasteiger partial charge in [0.2, 0.25) is 5.91 Å². The summed E-state index contributed by atoms with van der Waals surface area (Å²) in [5, 5.41) is 5.79. The summed E-state index contributed by atoms with van der Waals surface area (Å²) in [5.74, 6) is -0.584. The maximum absolute atomic E-state index is 12.9. The molecule has 1 atom stereocenters. The summed E-state index contributed by atoms with van der Waals surface area (Å²) in [6.07, 6.45) is 1.84. The Morgan fingerprint density at radius 1 is 1.53 bits per heavy atom. The van der Waals surface area contributed by atoms with Crippen molar-refractivity contribution < 1.29 is 9.18 Å². The first-order valence-corrected chi connectivity index (χ1v) is 5.54. The van der Waals surface area contributed by atoms with Crippen molar-refractivity contribution in [1.29, 1.82) is 0 Å². The highest BCUT2D eigenvalue weighted by molar-refractivity contribution is 6.31. The third-order valence-corrected chi connectivity index (χ3v) is 2.85. The zero-order chi connectivity index (χ0) is 11.5. The molecule has 94 valence electrons. The summed E-state index contributed by atoms with van der Waals surface area (Å²) in [4.78, 5) is 11.7. The van der Waals surface area contributed by atoms with Crippen molar-refractivity contribution in [1.82, 2.24) is 5.32 Å². The number of hydrogen-bond acceptors (Lipinski definition) is 2. The first-order chi connectivity index (χ1) is 7.66. The molecular weight excluding hydrogens is 266 g/mol. The van der Waals surface area contributed by atoms with E-state index in [4.69, 9.17) is 11.6 Å². The summed E-state index contributed by atoms with van der Waals surface area (Å²) in [6, 6.07) is 3.99. The zero-order valence-corrected chi connectivity index (χ0v) is 10.6. The predicted octanol–water partition coefficient (Wildman–Crippen LogP) is 2.59. The topological polar surface area (TPSA) is 41.1 Å². The van der Waals surface area contributed by atoms with Crippen LogP contribution in [0.15, 0.2) is 18.2 Å². The fourth-order valence-corrected chi connectivity index (χ4v) is 1.89.